The third-order valence-corrected chi connectivity index (χ3v) is 3.42. The monoisotopic (exact) mass is 246 g/mol. The predicted molar refractivity (Wildman–Crippen MR) is 67.3 cm³/mol. The number of aliphatic hydroxyl groups excluding tert-OH is 1. The lowest BCUT2D eigenvalue weighted by molar-refractivity contribution is 0.221. The number of nitrogens with one attached hydrogen (secondary N) is 2. The van der Waals surface area contributed by atoms with E-state index in [9.17, 15) is 9.90 Å². The average molecular weight is 246 g/mol. The van der Waals surface area contributed by atoms with Crippen molar-refractivity contribution in [2.24, 2.45) is 0 Å². The first-order valence-corrected chi connectivity index (χ1v) is 6.10. The summed E-state index contributed by atoms with van der Waals surface area (Å²) in [6.07, 6.45) is -0.649. The first-order valence-electron chi connectivity index (χ1n) is 5.16. The zero-order valence-electron chi connectivity index (χ0n) is 8.81. The molecule has 0 aliphatic carbocycles. The number of aliphatic hydroxyl groups is 1. The minimum absolute atomic E-state index is 0.234. The quantitative estimate of drug-likeness (QED) is 0.647. The Bertz CT molecular complexity index is 697. The van der Waals surface area contributed by atoms with Gasteiger partial charge in [0.25, 0.3) is 0 Å². The number of hydrogen-bond donors (Lipinski definition) is 3. The van der Waals surface area contributed by atoms with E-state index in [0.29, 0.717) is 5.52 Å². The zero-order valence-corrected chi connectivity index (χ0v) is 9.62. The molecule has 0 saturated heterocycles. The van der Waals surface area contributed by atoms with Crippen molar-refractivity contribution in [2.75, 3.05) is 0 Å². The maximum absolute atomic E-state index is 11.1. The van der Waals surface area contributed by atoms with E-state index in [1.54, 1.807) is 23.5 Å². The molecule has 2 heterocycles. The number of H-pyrrole nitrogens is 2. The second kappa shape index (κ2) is 3.87. The molecular weight excluding hydrogens is 236 g/mol. The van der Waals surface area contributed by atoms with E-state index in [2.05, 4.69) is 9.97 Å². The molecule has 3 aromatic rings. The third-order valence-electron chi connectivity index (χ3n) is 2.71. The lowest BCUT2D eigenvalue weighted by Gasteiger charge is -2.08. The topological polar surface area (TPSA) is 68.9 Å². The van der Waals surface area contributed by atoms with E-state index in [0.717, 1.165) is 16.6 Å². The third kappa shape index (κ3) is 1.79. The number of aromatic amines is 2. The Morgan fingerprint density at radius 2 is 1.94 bits per heavy atom. The van der Waals surface area contributed by atoms with Crippen LogP contribution in [0.25, 0.3) is 11.0 Å². The molecule has 0 aliphatic heterocycles. The first-order chi connectivity index (χ1) is 8.24. The predicted octanol–water partition coefficient (Wildman–Crippen LogP) is 2.00. The van der Waals surface area contributed by atoms with Gasteiger partial charge in [-0.05, 0) is 40.1 Å². The molecule has 0 saturated carbocycles. The summed E-state index contributed by atoms with van der Waals surface area (Å²) < 4.78 is 0. The van der Waals surface area contributed by atoms with Crippen molar-refractivity contribution >= 4 is 22.4 Å². The van der Waals surface area contributed by atoms with Crippen LogP contribution >= 0.6 is 11.3 Å². The second-order valence-corrected chi connectivity index (χ2v) is 4.62. The maximum atomic E-state index is 11.1. The minimum Gasteiger partial charge on any atom is -0.384 e. The molecule has 17 heavy (non-hydrogen) atoms. The molecule has 2 aromatic heterocycles. The van der Waals surface area contributed by atoms with Gasteiger partial charge in [0.2, 0.25) is 0 Å². The lowest BCUT2D eigenvalue weighted by Crippen LogP contribution is -1.99. The molecule has 1 aromatic carbocycles. The highest BCUT2D eigenvalue weighted by Gasteiger charge is 2.11. The smallest absolute Gasteiger partial charge is 0.323 e. The molecule has 0 spiro atoms. The Hall–Kier alpha value is -1.85. The molecule has 1 atom stereocenters. The van der Waals surface area contributed by atoms with E-state index in [1.807, 2.05) is 22.9 Å². The molecule has 4 nitrogen and oxygen atoms in total. The van der Waals surface area contributed by atoms with Gasteiger partial charge in [0.1, 0.15) is 6.10 Å². The van der Waals surface area contributed by atoms with Gasteiger partial charge in [-0.15, -0.1) is 0 Å². The summed E-state index contributed by atoms with van der Waals surface area (Å²) >= 11 is 1.55. The summed E-state index contributed by atoms with van der Waals surface area (Å²) in [5.74, 6) is 0. The van der Waals surface area contributed by atoms with Crippen molar-refractivity contribution in [1.82, 2.24) is 9.97 Å². The number of imidazole rings is 1. The molecule has 86 valence electrons. The normalized spacial score (nSPS) is 13.0. The Morgan fingerprint density at radius 3 is 2.71 bits per heavy atom. The Labute approximate surface area is 101 Å². The molecule has 0 amide bonds. The molecular formula is C12H10N2O2S. The summed E-state index contributed by atoms with van der Waals surface area (Å²) in [7, 11) is 0. The van der Waals surface area contributed by atoms with Crippen molar-refractivity contribution in [3.63, 3.8) is 0 Å². The SMILES string of the molecule is O=c1[nH]c2ccc(C(O)c3ccsc3)cc2[nH]1. The summed E-state index contributed by atoms with van der Waals surface area (Å²) in [6.45, 7) is 0. The van der Waals surface area contributed by atoms with Crippen LogP contribution in [0.1, 0.15) is 17.2 Å². The number of benzene rings is 1. The van der Waals surface area contributed by atoms with Crippen LogP contribution in [0.4, 0.5) is 0 Å². The summed E-state index contributed by atoms with van der Waals surface area (Å²) in [6, 6.07) is 7.28. The molecule has 3 rings (SSSR count). The van der Waals surface area contributed by atoms with Gasteiger partial charge in [-0.1, -0.05) is 6.07 Å². The second-order valence-electron chi connectivity index (χ2n) is 3.84. The number of rotatable bonds is 2. The number of thiophene rings is 1. The van der Waals surface area contributed by atoms with E-state index in [1.165, 1.54) is 0 Å². The number of hydrogen-bond acceptors (Lipinski definition) is 3. The Balaban J connectivity index is 2.08. The Morgan fingerprint density at radius 1 is 1.12 bits per heavy atom. The van der Waals surface area contributed by atoms with Gasteiger partial charge < -0.3 is 15.1 Å². The van der Waals surface area contributed by atoms with E-state index < -0.39 is 6.10 Å². The fourth-order valence-corrected chi connectivity index (χ4v) is 2.52. The summed E-state index contributed by atoms with van der Waals surface area (Å²) in [4.78, 5) is 16.5. The summed E-state index contributed by atoms with van der Waals surface area (Å²) in [5, 5.41) is 14.0. The van der Waals surface area contributed by atoms with Crippen LogP contribution in [0, 0.1) is 0 Å². The molecule has 0 radical (unpaired) electrons. The van der Waals surface area contributed by atoms with E-state index in [4.69, 9.17) is 0 Å². The van der Waals surface area contributed by atoms with Crippen LogP contribution in [0.3, 0.4) is 0 Å². The summed E-state index contributed by atoms with van der Waals surface area (Å²) in [5.41, 5.74) is 2.86. The van der Waals surface area contributed by atoms with Gasteiger partial charge in [-0.25, -0.2) is 4.79 Å². The van der Waals surface area contributed by atoms with Crippen LogP contribution in [0.5, 0.6) is 0 Å². The standard InChI is InChI=1S/C12H10N2O2S/c15-11(8-3-4-17-6-8)7-1-2-9-10(5-7)14-12(16)13-9/h1-6,11,15H,(H2,13,14,16). The molecule has 1 unspecified atom stereocenters. The fourth-order valence-electron chi connectivity index (χ4n) is 1.84. The van der Waals surface area contributed by atoms with Gasteiger partial charge in [-0.2, -0.15) is 11.3 Å². The van der Waals surface area contributed by atoms with Gasteiger partial charge in [0.15, 0.2) is 0 Å². The van der Waals surface area contributed by atoms with Crippen molar-refractivity contribution in [3.8, 4) is 0 Å². The molecule has 0 aliphatic rings. The number of aromatic nitrogens is 2. The molecule has 5 heteroatoms. The first kappa shape index (κ1) is 10.3. The Kier molecular flexibility index (Phi) is 2.35. The van der Waals surface area contributed by atoms with Crippen LogP contribution in [-0.2, 0) is 0 Å². The van der Waals surface area contributed by atoms with Gasteiger partial charge in [0, 0.05) is 0 Å². The van der Waals surface area contributed by atoms with E-state index in [-0.39, 0.29) is 5.69 Å². The molecule has 3 N–H and O–H groups in total. The van der Waals surface area contributed by atoms with Crippen molar-refractivity contribution < 1.29 is 5.11 Å². The minimum atomic E-state index is -0.649. The van der Waals surface area contributed by atoms with Gasteiger partial charge in [-0.3, -0.25) is 0 Å². The highest BCUT2D eigenvalue weighted by Crippen LogP contribution is 2.25. The van der Waals surface area contributed by atoms with Gasteiger partial charge >= 0.3 is 5.69 Å². The zero-order chi connectivity index (χ0) is 11.8. The van der Waals surface area contributed by atoms with Crippen molar-refractivity contribution in [1.29, 1.82) is 0 Å². The maximum Gasteiger partial charge on any atom is 0.323 e. The van der Waals surface area contributed by atoms with Crippen LogP contribution in [0.15, 0.2) is 39.8 Å². The van der Waals surface area contributed by atoms with E-state index >= 15 is 0 Å². The van der Waals surface area contributed by atoms with Crippen molar-refractivity contribution in [3.05, 3.63) is 56.6 Å². The molecule has 0 bridgehead atoms. The average Bonchev–Trinajstić information content (AvgIpc) is 2.94. The van der Waals surface area contributed by atoms with Gasteiger partial charge in [0.05, 0.1) is 11.0 Å². The van der Waals surface area contributed by atoms with Crippen LogP contribution < -0.4 is 5.69 Å². The molecule has 0 fully saturated rings. The lowest BCUT2D eigenvalue weighted by atomic mass is 10.0. The highest BCUT2D eigenvalue weighted by molar-refractivity contribution is 7.07. The van der Waals surface area contributed by atoms with Crippen molar-refractivity contribution in [2.45, 2.75) is 6.10 Å². The van der Waals surface area contributed by atoms with Crippen LogP contribution in [0.2, 0.25) is 0 Å². The largest absolute Gasteiger partial charge is 0.384 e. The number of fused-ring (bicyclic) bond motifs is 1. The fraction of sp³-hybridized carbons (Fsp3) is 0.0833. The highest BCUT2D eigenvalue weighted by atomic mass is 32.1. The van der Waals surface area contributed by atoms with Crippen LogP contribution in [-0.4, -0.2) is 15.1 Å².